The predicted octanol–water partition coefficient (Wildman–Crippen LogP) is -1.62. The molecule has 2 saturated heterocycles. The number of carbonyl (C=O) groups is 1. The molecule has 0 spiro atoms. The Kier molecular flexibility index (Phi) is 3.54. The average Bonchev–Trinajstić information content (AvgIpc) is 2.75. The average molecular weight is 267 g/mol. The number of fused-ring (bicyclic) bond motifs is 2. The minimum absolute atomic E-state index is 0.299. The highest BCUT2D eigenvalue weighted by Crippen LogP contribution is 2.41. The molecule has 2 aliphatic heterocycles. The molecule has 0 unspecified atom stereocenters. The zero-order valence-corrected chi connectivity index (χ0v) is 9.42. The van der Waals surface area contributed by atoms with Crippen molar-refractivity contribution in [3.05, 3.63) is 0 Å². The summed E-state index contributed by atoms with van der Waals surface area (Å²) >= 11 is 0. The van der Waals surface area contributed by atoms with Crippen LogP contribution in [0.1, 0.15) is 12.8 Å². The van der Waals surface area contributed by atoms with Gasteiger partial charge in [0.15, 0.2) is 0 Å². The molecule has 2 rings (SSSR count). The van der Waals surface area contributed by atoms with Crippen molar-refractivity contribution >= 4 is 5.91 Å². The smallest absolute Gasteiger partial charge is 0.315 e. The fourth-order valence-corrected chi connectivity index (χ4v) is 2.62. The highest BCUT2D eigenvalue weighted by molar-refractivity contribution is 5.79. The van der Waals surface area contributed by atoms with Crippen LogP contribution < -0.4 is 5.32 Å². The molecule has 5 atom stereocenters. The minimum atomic E-state index is -3.19. The zero-order chi connectivity index (χ0) is 13.5. The predicted molar refractivity (Wildman–Crippen MR) is 53.9 cm³/mol. The molecule has 0 aromatic carbocycles. The van der Waals surface area contributed by atoms with Crippen molar-refractivity contribution in [3.63, 3.8) is 0 Å². The molecule has 2 aliphatic rings. The van der Waals surface area contributed by atoms with Gasteiger partial charge in [0.2, 0.25) is 0 Å². The van der Waals surface area contributed by atoms with Gasteiger partial charge < -0.3 is 25.4 Å². The number of alkyl halides is 2. The van der Waals surface area contributed by atoms with E-state index >= 15 is 0 Å². The van der Waals surface area contributed by atoms with Gasteiger partial charge in [-0.05, 0) is 12.8 Å². The number of aliphatic hydroxyl groups excluding tert-OH is 3. The monoisotopic (exact) mass is 267 g/mol. The molecule has 2 bridgehead atoms. The molecule has 0 saturated carbocycles. The maximum Gasteiger partial charge on any atom is 0.315 e. The lowest BCUT2D eigenvalue weighted by Crippen LogP contribution is -2.66. The van der Waals surface area contributed by atoms with Gasteiger partial charge in [0.25, 0.3) is 5.91 Å². The standard InChI is InChI=1S/C10H15F2NO5/c11-8(12)9(17)13-5-4-1-2-10(3-14,18-4)7(16)6(5)15/h4-8,14-16H,1-3H2,(H,13,17)/t4-,5+,6-,7-,10-/m1/s1. The molecule has 0 aromatic rings. The molecule has 2 fully saturated rings. The van der Waals surface area contributed by atoms with Crippen LogP contribution in [0.4, 0.5) is 8.78 Å². The molecule has 0 aliphatic carbocycles. The van der Waals surface area contributed by atoms with Gasteiger partial charge in [0, 0.05) is 0 Å². The Morgan fingerprint density at radius 3 is 2.72 bits per heavy atom. The molecule has 0 radical (unpaired) electrons. The van der Waals surface area contributed by atoms with Gasteiger partial charge >= 0.3 is 6.43 Å². The lowest BCUT2D eigenvalue weighted by Gasteiger charge is -2.44. The van der Waals surface area contributed by atoms with E-state index in [1.807, 2.05) is 5.32 Å². The third kappa shape index (κ3) is 1.99. The molecule has 4 N–H and O–H groups in total. The van der Waals surface area contributed by atoms with Crippen molar-refractivity contribution in [2.75, 3.05) is 6.61 Å². The van der Waals surface area contributed by atoms with E-state index < -0.39 is 48.9 Å². The Balaban J connectivity index is 2.13. The van der Waals surface area contributed by atoms with Gasteiger partial charge in [-0.25, -0.2) is 0 Å². The van der Waals surface area contributed by atoms with Crippen LogP contribution in [0.2, 0.25) is 0 Å². The van der Waals surface area contributed by atoms with E-state index in [0.29, 0.717) is 12.8 Å². The lowest BCUT2D eigenvalue weighted by molar-refractivity contribution is -0.220. The van der Waals surface area contributed by atoms with E-state index in [-0.39, 0.29) is 0 Å². The fourth-order valence-electron chi connectivity index (χ4n) is 2.62. The Hall–Kier alpha value is -0.830. The van der Waals surface area contributed by atoms with Crippen LogP contribution in [-0.2, 0) is 9.53 Å². The molecule has 1 amide bonds. The maximum absolute atomic E-state index is 12.2. The van der Waals surface area contributed by atoms with Crippen LogP contribution in [0.25, 0.3) is 0 Å². The van der Waals surface area contributed by atoms with Gasteiger partial charge in [-0.3, -0.25) is 4.79 Å². The van der Waals surface area contributed by atoms with E-state index in [1.54, 1.807) is 0 Å². The maximum atomic E-state index is 12.2. The highest BCUT2D eigenvalue weighted by Gasteiger charge is 2.58. The van der Waals surface area contributed by atoms with E-state index in [2.05, 4.69) is 0 Å². The highest BCUT2D eigenvalue weighted by atomic mass is 19.3. The summed E-state index contributed by atoms with van der Waals surface area (Å²) in [5.41, 5.74) is -1.25. The van der Waals surface area contributed by atoms with Crippen molar-refractivity contribution in [3.8, 4) is 0 Å². The number of aliphatic hydroxyl groups is 3. The van der Waals surface area contributed by atoms with Crippen LogP contribution >= 0.6 is 0 Å². The van der Waals surface area contributed by atoms with Gasteiger partial charge in [0.05, 0.1) is 18.8 Å². The van der Waals surface area contributed by atoms with Gasteiger partial charge in [0.1, 0.15) is 17.8 Å². The van der Waals surface area contributed by atoms with E-state index in [4.69, 9.17) is 4.74 Å². The number of rotatable bonds is 3. The van der Waals surface area contributed by atoms with Crippen LogP contribution in [0.5, 0.6) is 0 Å². The molecular formula is C10H15F2NO5. The number of amides is 1. The van der Waals surface area contributed by atoms with Crippen molar-refractivity contribution in [2.24, 2.45) is 0 Å². The first kappa shape index (κ1) is 13.6. The summed E-state index contributed by atoms with van der Waals surface area (Å²) in [6.07, 6.45) is -6.08. The molecule has 18 heavy (non-hydrogen) atoms. The number of hydrogen-bond donors (Lipinski definition) is 4. The van der Waals surface area contributed by atoms with Crippen LogP contribution in [0, 0.1) is 0 Å². The SMILES string of the molecule is O=C(N[C@@H]1[C@@H](O)[C@@H](O)[C@]2(CO)CC[C@H]1O2)C(F)F. The second kappa shape index (κ2) is 4.69. The largest absolute Gasteiger partial charge is 0.393 e. The topological polar surface area (TPSA) is 99.0 Å². The molecule has 104 valence electrons. The molecule has 8 heteroatoms. The summed E-state index contributed by atoms with van der Waals surface area (Å²) in [6.45, 7) is -0.475. The number of nitrogens with one attached hydrogen (secondary N) is 1. The van der Waals surface area contributed by atoms with Crippen molar-refractivity contribution in [1.82, 2.24) is 5.32 Å². The Labute approximate surface area is 102 Å². The van der Waals surface area contributed by atoms with Crippen LogP contribution in [0.3, 0.4) is 0 Å². The van der Waals surface area contributed by atoms with E-state index in [1.165, 1.54) is 0 Å². The normalized spacial score (nSPS) is 43.2. The first-order valence-corrected chi connectivity index (χ1v) is 5.64. The number of carbonyl (C=O) groups excluding carboxylic acids is 1. The summed E-state index contributed by atoms with van der Waals surface area (Å²) in [7, 11) is 0. The van der Waals surface area contributed by atoms with Crippen molar-refractivity contribution in [2.45, 2.75) is 49.2 Å². The Morgan fingerprint density at radius 2 is 2.17 bits per heavy atom. The first-order valence-electron chi connectivity index (χ1n) is 5.64. The number of ether oxygens (including phenoxy) is 1. The molecular weight excluding hydrogens is 252 g/mol. The van der Waals surface area contributed by atoms with Gasteiger partial charge in [-0.15, -0.1) is 0 Å². The molecule has 2 heterocycles. The summed E-state index contributed by atoms with van der Waals surface area (Å²) in [6, 6.07) is -1.09. The van der Waals surface area contributed by atoms with Gasteiger partial charge in [-0.1, -0.05) is 0 Å². The first-order chi connectivity index (χ1) is 8.41. The third-order valence-electron chi connectivity index (χ3n) is 3.64. The quantitative estimate of drug-likeness (QED) is 0.493. The molecule has 0 aromatic heterocycles. The van der Waals surface area contributed by atoms with E-state index in [9.17, 15) is 28.9 Å². The minimum Gasteiger partial charge on any atom is -0.393 e. The van der Waals surface area contributed by atoms with E-state index in [0.717, 1.165) is 0 Å². The lowest BCUT2D eigenvalue weighted by atomic mass is 9.88. The third-order valence-corrected chi connectivity index (χ3v) is 3.64. The summed E-state index contributed by atoms with van der Waals surface area (Å²) < 4.78 is 29.7. The van der Waals surface area contributed by atoms with Crippen molar-refractivity contribution in [1.29, 1.82) is 0 Å². The molecule has 6 nitrogen and oxygen atoms in total. The summed E-state index contributed by atoms with van der Waals surface area (Å²) in [4.78, 5) is 10.9. The fraction of sp³-hybridized carbons (Fsp3) is 0.900. The second-order valence-electron chi connectivity index (χ2n) is 4.69. The Bertz CT molecular complexity index is 342. The van der Waals surface area contributed by atoms with Gasteiger partial charge in [-0.2, -0.15) is 8.78 Å². The van der Waals surface area contributed by atoms with Crippen molar-refractivity contribution < 1.29 is 33.6 Å². The Morgan fingerprint density at radius 1 is 1.50 bits per heavy atom. The number of halogens is 2. The number of hydrogen-bond acceptors (Lipinski definition) is 5. The second-order valence-corrected chi connectivity index (χ2v) is 4.69. The van der Waals surface area contributed by atoms with Crippen LogP contribution in [-0.4, -0.2) is 64.2 Å². The van der Waals surface area contributed by atoms with Crippen LogP contribution in [0.15, 0.2) is 0 Å². The summed E-state index contributed by atoms with van der Waals surface area (Å²) in [5, 5.41) is 30.9. The zero-order valence-electron chi connectivity index (χ0n) is 9.42. The summed E-state index contributed by atoms with van der Waals surface area (Å²) in [5.74, 6) is -1.52.